The highest BCUT2D eigenvalue weighted by Crippen LogP contribution is 2.41. The van der Waals surface area contributed by atoms with Crippen LogP contribution in [0.4, 0.5) is 14.7 Å². The Labute approximate surface area is 206 Å². The van der Waals surface area contributed by atoms with Gasteiger partial charge in [-0.1, -0.05) is 12.1 Å². The number of nitriles is 1. The van der Waals surface area contributed by atoms with E-state index in [2.05, 4.69) is 9.88 Å². The number of methoxy groups -OCH3 is 1. The maximum atomic E-state index is 14.8. The van der Waals surface area contributed by atoms with Crippen molar-refractivity contribution in [2.45, 2.75) is 31.3 Å². The molecule has 36 heavy (non-hydrogen) atoms. The normalized spacial score (nSPS) is 21.1. The zero-order valence-corrected chi connectivity index (χ0v) is 19.7. The fraction of sp³-hybridized carbons (Fsp3) is 0.296. The van der Waals surface area contributed by atoms with Gasteiger partial charge in [-0.05, 0) is 55.0 Å². The number of fused-ring (bicyclic) bond motifs is 4. The van der Waals surface area contributed by atoms with E-state index in [-0.39, 0.29) is 23.4 Å². The number of hydrogen-bond acceptors (Lipinski definition) is 6. The van der Waals surface area contributed by atoms with E-state index < -0.39 is 11.6 Å². The molecule has 4 aromatic rings. The van der Waals surface area contributed by atoms with Crippen LogP contribution in [-0.4, -0.2) is 40.1 Å². The van der Waals surface area contributed by atoms with Crippen molar-refractivity contribution < 1.29 is 13.5 Å². The summed E-state index contributed by atoms with van der Waals surface area (Å²) in [6, 6.07) is 11.3. The number of nitrogens with two attached hydrogens (primary N) is 1. The average molecular weight is 487 g/mol. The molecule has 0 radical (unpaired) electrons. The third-order valence-corrected chi connectivity index (χ3v) is 7.48. The summed E-state index contributed by atoms with van der Waals surface area (Å²) in [5, 5.41) is 9.21. The predicted octanol–water partition coefficient (Wildman–Crippen LogP) is 4.54. The molecule has 9 heteroatoms. The van der Waals surface area contributed by atoms with Crippen LogP contribution in [0.1, 0.15) is 24.8 Å². The SMILES string of the molecule is COc1ccc(-c2c(-c3ccc(C#N)c(F)c3)nc(N3CC4CCC3CC4N)n3ccnc23)cc1F. The van der Waals surface area contributed by atoms with E-state index in [4.69, 9.17) is 15.5 Å². The van der Waals surface area contributed by atoms with Crippen molar-refractivity contribution in [1.29, 1.82) is 5.26 Å². The molecule has 4 heterocycles. The molecule has 2 N–H and O–H groups in total. The number of aromatic nitrogens is 3. The van der Waals surface area contributed by atoms with E-state index in [9.17, 15) is 14.0 Å². The van der Waals surface area contributed by atoms with E-state index in [1.54, 1.807) is 24.4 Å². The standard InChI is InChI=1S/C27H24F2N6O/c1-36-23-7-5-15(10-21(23)29)24-25(16-2-3-17(13-30)20(28)11-16)33-27(34-9-8-32-26(24)34)35-14-18-4-6-19(35)12-22(18)31/h2-3,5,7-11,18-19,22H,4,6,12,14,31H2,1H3. The number of imidazole rings is 1. The van der Waals surface area contributed by atoms with Crippen LogP contribution in [0.3, 0.4) is 0 Å². The predicted molar refractivity (Wildman–Crippen MR) is 131 cm³/mol. The molecule has 3 unspecified atom stereocenters. The van der Waals surface area contributed by atoms with Crippen LogP contribution in [0.2, 0.25) is 0 Å². The van der Waals surface area contributed by atoms with Gasteiger partial charge in [-0.2, -0.15) is 5.26 Å². The first-order chi connectivity index (χ1) is 17.5. The minimum Gasteiger partial charge on any atom is -0.494 e. The topological polar surface area (TPSA) is 92.5 Å². The summed E-state index contributed by atoms with van der Waals surface area (Å²) in [6.45, 7) is 0.782. The number of rotatable bonds is 4. The summed E-state index contributed by atoms with van der Waals surface area (Å²) in [4.78, 5) is 11.9. The molecule has 0 amide bonds. The molecule has 7 rings (SSSR count). The van der Waals surface area contributed by atoms with Crippen LogP contribution in [0, 0.1) is 28.9 Å². The fourth-order valence-electron chi connectivity index (χ4n) is 5.62. The molecule has 7 nitrogen and oxygen atoms in total. The van der Waals surface area contributed by atoms with Crippen LogP contribution in [0.15, 0.2) is 48.8 Å². The van der Waals surface area contributed by atoms with Gasteiger partial charge in [0, 0.05) is 36.6 Å². The van der Waals surface area contributed by atoms with Gasteiger partial charge in [-0.3, -0.25) is 4.40 Å². The number of halogens is 2. The molecular formula is C27H24F2N6O. The Bertz CT molecular complexity index is 1530. The van der Waals surface area contributed by atoms with Crippen molar-refractivity contribution in [2.75, 3.05) is 18.6 Å². The van der Waals surface area contributed by atoms with Gasteiger partial charge in [0.2, 0.25) is 5.95 Å². The third kappa shape index (κ3) is 3.48. The summed E-state index contributed by atoms with van der Waals surface area (Å²) >= 11 is 0. The molecule has 1 aliphatic carbocycles. The van der Waals surface area contributed by atoms with Crippen LogP contribution in [0.25, 0.3) is 28.0 Å². The number of anilines is 1. The first-order valence-electron chi connectivity index (χ1n) is 11.9. The summed E-state index contributed by atoms with van der Waals surface area (Å²) in [6.07, 6.45) is 6.52. The maximum absolute atomic E-state index is 14.8. The molecule has 2 aliphatic heterocycles. The summed E-state index contributed by atoms with van der Waals surface area (Å²) in [7, 11) is 1.41. The minimum atomic E-state index is -0.642. The van der Waals surface area contributed by atoms with Crippen LogP contribution in [-0.2, 0) is 0 Å². The molecule has 3 fully saturated rings. The molecule has 1 saturated carbocycles. The Kier molecular flexibility index (Phi) is 5.34. The highest BCUT2D eigenvalue weighted by Gasteiger charge is 2.40. The lowest BCUT2D eigenvalue weighted by Crippen LogP contribution is -2.57. The first kappa shape index (κ1) is 22.4. The van der Waals surface area contributed by atoms with E-state index >= 15 is 0 Å². The van der Waals surface area contributed by atoms with E-state index in [1.165, 1.54) is 25.3 Å². The summed E-state index contributed by atoms with van der Waals surface area (Å²) < 4.78 is 36.5. The van der Waals surface area contributed by atoms with Crippen molar-refractivity contribution in [2.24, 2.45) is 11.7 Å². The van der Waals surface area contributed by atoms with Gasteiger partial charge in [0.25, 0.3) is 0 Å². The molecule has 3 aliphatic rings. The van der Waals surface area contributed by atoms with Crippen LogP contribution in [0.5, 0.6) is 5.75 Å². The van der Waals surface area contributed by atoms with Crippen molar-refractivity contribution >= 4 is 11.6 Å². The zero-order valence-electron chi connectivity index (χ0n) is 19.7. The number of piperidine rings is 2. The van der Waals surface area contributed by atoms with Crippen LogP contribution < -0.4 is 15.4 Å². The molecule has 182 valence electrons. The van der Waals surface area contributed by atoms with Gasteiger partial charge in [0.15, 0.2) is 11.6 Å². The Balaban J connectivity index is 1.61. The summed E-state index contributed by atoms with van der Waals surface area (Å²) in [5.74, 6) is 0.0250. The molecule has 0 spiro atoms. The van der Waals surface area contributed by atoms with Crippen molar-refractivity contribution in [3.63, 3.8) is 0 Å². The number of benzene rings is 2. The minimum absolute atomic E-state index is 0.0553. The van der Waals surface area contributed by atoms with E-state index in [0.717, 1.165) is 25.8 Å². The van der Waals surface area contributed by atoms with Gasteiger partial charge >= 0.3 is 0 Å². The Morgan fingerprint density at radius 2 is 1.92 bits per heavy atom. The smallest absolute Gasteiger partial charge is 0.212 e. The molecule has 2 aromatic heterocycles. The highest BCUT2D eigenvalue weighted by molar-refractivity contribution is 5.91. The molecular weight excluding hydrogens is 462 g/mol. The van der Waals surface area contributed by atoms with E-state index in [0.29, 0.717) is 39.9 Å². The van der Waals surface area contributed by atoms with Crippen molar-refractivity contribution in [1.82, 2.24) is 14.4 Å². The maximum Gasteiger partial charge on any atom is 0.212 e. The van der Waals surface area contributed by atoms with Crippen molar-refractivity contribution in [3.05, 3.63) is 66.0 Å². The fourth-order valence-corrected chi connectivity index (χ4v) is 5.62. The zero-order chi connectivity index (χ0) is 25.0. The van der Waals surface area contributed by atoms with Gasteiger partial charge in [0.05, 0.1) is 23.9 Å². The van der Waals surface area contributed by atoms with Gasteiger partial charge in [-0.15, -0.1) is 0 Å². The molecule has 3 atom stereocenters. The number of ether oxygens (including phenoxy) is 1. The second kappa shape index (κ2) is 8.57. The van der Waals surface area contributed by atoms with Gasteiger partial charge in [0.1, 0.15) is 17.5 Å². The van der Waals surface area contributed by atoms with Crippen molar-refractivity contribution in [3.8, 4) is 34.2 Å². The second-order valence-corrected chi connectivity index (χ2v) is 9.46. The Hall–Kier alpha value is -4.03. The quantitative estimate of drug-likeness (QED) is 0.455. The highest BCUT2D eigenvalue weighted by atomic mass is 19.1. The lowest BCUT2D eigenvalue weighted by atomic mass is 9.77. The number of hydrogen-bond donors (Lipinski definition) is 1. The number of nitrogens with zero attached hydrogens (tertiary/aromatic N) is 5. The van der Waals surface area contributed by atoms with Gasteiger partial charge < -0.3 is 15.4 Å². The van der Waals surface area contributed by atoms with E-state index in [1.807, 2.05) is 16.7 Å². The Morgan fingerprint density at radius 3 is 2.58 bits per heavy atom. The largest absolute Gasteiger partial charge is 0.494 e. The van der Waals surface area contributed by atoms with Crippen LogP contribution >= 0.6 is 0 Å². The average Bonchev–Trinajstić information content (AvgIpc) is 3.38. The molecule has 2 aromatic carbocycles. The summed E-state index contributed by atoms with van der Waals surface area (Å²) in [5.41, 5.74) is 8.93. The lowest BCUT2D eigenvalue weighted by molar-refractivity contribution is 0.214. The second-order valence-electron chi connectivity index (χ2n) is 9.46. The monoisotopic (exact) mass is 486 g/mol. The van der Waals surface area contributed by atoms with Gasteiger partial charge in [-0.25, -0.2) is 18.7 Å². The first-order valence-corrected chi connectivity index (χ1v) is 11.9. The lowest BCUT2D eigenvalue weighted by Gasteiger charge is -2.49. The molecule has 2 saturated heterocycles. The third-order valence-electron chi connectivity index (χ3n) is 7.48. The Morgan fingerprint density at radius 1 is 1.11 bits per heavy atom. The molecule has 2 bridgehead atoms.